The first-order valence-electron chi connectivity index (χ1n) is 9.99. The van der Waals surface area contributed by atoms with Crippen LogP contribution in [0.3, 0.4) is 0 Å². The lowest BCUT2D eigenvalue weighted by atomic mass is 10.0. The first kappa shape index (κ1) is 26.7. The molecule has 4 nitrogen and oxygen atoms in total. The normalized spacial score (nSPS) is 13.2. The molecule has 1 unspecified atom stereocenters. The van der Waals surface area contributed by atoms with Gasteiger partial charge in [-0.1, -0.05) is 30.3 Å². The molecular formula is C22H24F7NO3. The number of halogens is 7. The number of alkyl halides is 7. The topological polar surface area (TPSA) is 30.9 Å². The minimum atomic E-state index is -4.79. The molecule has 2 aromatic rings. The highest BCUT2D eigenvalue weighted by molar-refractivity contribution is 5.35. The number of aryl methyl sites for hydroxylation is 2. The molecule has 0 saturated heterocycles. The summed E-state index contributed by atoms with van der Waals surface area (Å²) in [7, 11) is 0.886. The van der Waals surface area contributed by atoms with E-state index in [4.69, 9.17) is 9.47 Å². The fourth-order valence-corrected chi connectivity index (χ4v) is 2.98. The minimum Gasteiger partial charge on any atom is -0.491 e. The van der Waals surface area contributed by atoms with Crippen LogP contribution in [0.25, 0.3) is 0 Å². The lowest BCUT2D eigenvalue weighted by Gasteiger charge is -2.23. The first-order chi connectivity index (χ1) is 15.5. The van der Waals surface area contributed by atoms with Crippen LogP contribution in [0.1, 0.15) is 17.5 Å². The molecule has 0 heterocycles. The zero-order chi connectivity index (χ0) is 24.5. The molecule has 0 amide bonds. The predicted molar refractivity (Wildman–Crippen MR) is 107 cm³/mol. The summed E-state index contributed by atoms with van der Waals surface area (Å²) >= 11 is 0. The highest BCUT2D eigenvalue weighted by Crippen LogP contribution is 2.25. The molecule has 0 spiro atoms. The summed E-state index contributed by atoms with van der Waals surface area (Å²) < 4.78 is 102. The van der Waals surface area contributed by atoms with E-state index in [0.717, 1.165) is 12.6 Å². The second-order valence-corrected chi connectivity index (χ2v) is 7.19. The van der Waals surface area contributed by atoms with Crippen molar-refractivity contribution < 1.29 is 44.9 Å². The Morgan fingerprint density at radius 1 is 0.939 bits per heavy atom. The van der Waals surface area contributed by atoms with Gasteiger partial charge in [0.2, 0.25) is 0 Å². The van der Waals surface area contributed by atoms with Crippen LogP contribution in [0.2, 0.25) is 0 Å². The number of ether oxygens (including phenoxy) is 3. The Morgan fingerprint density at radius 3 is 2.33 bits per heavy atom. The van der Waals surface area contributed by atoms with Gasteiger partial charge in [0.1, 0.15) is 18.1 Å². The van der Waals surface area contributed by atoms with Crippen molar-refractivity contribution in [1.82, 2.24) is 4.90 Å². The largest absolute Gasteiger partial charge is 0.573 e. The molecule has 0 radical (unpaired) electrons. The third-order valence-electron chi connectivity index (χ3n) is 4.73. The average molecular weight is 483 g/mol. The molecule has 0 aliphatic carbocycles. The van der Waals surface area contributed by atoms with E-state index in [1.807, 2.05) is 0 Å². The van der Waals surface area contributed by atoms with Gasteiger partial charge in [-0.3, -0.25) is 0 Å². The Bertz CT molecular complexity index is 858. The Morgan fingerprint density at radius 2 is 1.67 bits per heavy atom. The third-order valence-corrected chi connectivity index (χ3v) is 4.73. The van der Waals surface area contributed by atoms with Gasteiger partial charge >= 0.3 is 12.7 Å². The number of para-hydroxylation sites is 1. The number of nitrogens with zero attached hydrogens (tertiary/aromatic N) is 1. The van der Waals surface area contributed by atoms with Gasteiger partial charge in [-0.05, 0) is 55.6 Å². The summed E-state index contributed by atoms with van der Waals surface area (Å²) in [6.07, 6.45) is -9.49. The van der Waals surface area contributed by atoms with Gasteiger partial charge in [0.15, 0.2) is 6.86 Å². The summed E-state index contributed by atoms with van der Waals surface area (Å²) in [5.74, 6) is 0.108. The molecule has 0 aromatic heterocycles. The van der Waals surface area contributed by atoms with Crippen molar-refractivity contribution in [2.45, 2.75) is 38.0 Å². The van der Waals surface area contributed by atoms with Gasteiger partial charge in [0, 0.05) is 6.54 Å². The van der Waals surface area contributed by atoms with Crippen molar-refractivity contribution in [3.8, 4) is 11.5 Å². The van der Waals surface area contributed by atoms with Gasteiger partial charge in [-0.2, -0.15) is 13.2 Å². The Hall–Kier alpha value is -2.53. The van der Waals surface area contributed by atoms with Gasteiger partial charge in [-0.25, -0.2) is 9.29 Å². The quantitative estimate of drug-likeness (QED) is 0.278. The van der Waals surface area contributed by atoms with Crippen LogP contribution in [0.5, 0.6) is 11.5 Å². The molecule has 184 valence electrons. The molecular weight excluding hydrogens is 459 g/mol. The molecule has 0 saturated carbocycles. The van der Waals surface area contributed by atoms with Crippen molar-refractivity contribution in [3.05, 3.63) is 59.7 Å². The second-order valence-electron chi connectivity index (χ2n) is 7.19. The smallest absolute Gasteiger partial charge is 0.491 e. The molecule has 2 rings (SSSR count). The van der Waals surface area contributed by atoms with Crippen molar-refractivity contribution in [2.75, 3.05) is 27.1 Å². The monoisotopic (exact) mass is 483 g/mol. The van der Waals surface area contributed by atoms with E-state index in [1.165, 1.54) is 18.2 Å². The van der Waals surface area contributed by atoms with E-state index in [1.54, 1.807) is 30.3 Å². The van der Waals surface area contributed by atoms with Crippen molar-refractivity contribution in [3.63, 3.8) is 0 Å². The van der Waals surface area contributed by atoms with E-state index in [9.17, 15) is 30.7 Å². The Kier molecular flexibility index (Phi) is 9.78. The summed E-state index contributed by atoms with van der Waals surface area (Å²) in [5, 5.41) is 0. The predicted octanol–water partition coefficient (Wildman–Crippen LogP) is 5.90. The van der Waals surface area contributed by atoms with Crippen molar-refractivity contribution in [1.29, 1.82) is 0 Å². The highest BCUT2D eigenvalue weighted by atomic mass is 19.4. The fraction of sp³-hybridized carbons (Fsp3) is 0.455. The van der Waals surface area contributed by atoms with Crippen molar-refractivity contribution >= 4 is 0 Å². The number of hydrogen-bond donors (Lipinski definition) is 0. The van der Waals surface area contributed by atoms with Crippen LogP contribution in [-0.2, 0) is 17.6 Å². The number of hydrogen-bond acceptors (Lipinski definition) is 4. The van der Waals surface area contributed by atoms with Gasteiger partial charge < -0.3 is 14.2 Å². The van der Waals surface area contributed by atoms with E-state index < -0.39 is 32.2 Å². The summed E-state index contributed by atoms with van der Waals surface area (Å²) in [6, 6.07) is 12.5. The zero-order valence-electron chi connectivity index (χ0n) is 17.8. The van der Waals surface area contributed by atoms with Gasteiger partial charge in [-0.15, -0.1) is 13.2 Å². The number of benzene rings is 2. The first-order valence-corrected chi connectivity index (χ1v) is 9.99. The molecule has 2 aromatic carbocycles. The lowest BCUT2D eigenvalue weighted by molar-refractivity contribution is -0.274. The van der Waals surface area contributed by atoms with Crippen LogP contribution in [0.4, 0.5) is 30.7 Å². The highest BCUT2D eigenvalue weighted by Gasteiger charge is 2.34. The molecule has 0 bridgehead atoms. The standard InChI is InChI=1S/C22H24F7NO3/c1-30(21(24,25)26)12-11-19(32-15-23)14-31-20-8-3-2-6-17(20)10-9-16-5-4-7-18(13-16)33-22(27,28)29/h2-8,13,19H,9-12,14-15H2,1H3. The van der Waals surface area contributed by atoms with Gasteiger partial charge in [0.05, 0.1) is 6.10 Å². The summed E-state index contributed by atoms with van der Waals surface area (Å²) in [6.45, 7) is -1.72. The summed E-state index contributed by atoms with van der Waals surface area (Å²) in [5.41, 5.74) is 1.34. The molecule has 0 fully saturated rings. The van der Waals surface area contributed by atoms with E-state index in [2.05, 4.69) is 4.74 Å². The van der Waals surface area contributed by atoms with E-state index >= 15 is 0 Å². The maximum absolute atomic E-state index is 12.7. The maximum atomic E-state index is 12.7. The molecule has 33 heavy (non-hydrogen) atoms. The third kappa shape index (κ3) is 9.87. The fourth-order valence-electron chi connectivity index (χ4n) is 2.98. The average Bonchev–Trinajstić information content (AvgIpc) is 2.73. The zero-order valence-corrected chi connectivity index (χ0v) is 17.8. The van der Waals surface area contributed by atoms with Crippen LogP contribution in [0.15, 0.2) is 48.5 Å². The molecule has 1 atom stereocenters. The maximum Gasteiger partial charge on any atom is 0.573 e. The summed E-state index contributed by atoms with van der Waals surface area (Å²) in [4.78, 5) is 0.173. The second kappa shape index (κ2) is 12.1. The number of rotatable bonds is 12. The molecule has 0 aliphatic rings. The van der Waals surface area contributed by atoms with Crippen molar-refractivity contribution in [2.24, 2.45) is 0 Å². The lowest BCUT2D eigenvalue weighted by Crippen LogP contribution is -2.37. The Balaban J connectivity index is 1.97. The van der Waals surface area contributed by atoms with Crippen LogP contribution in [-0.4, -0.2) is 50.7 Å². The Labute approximate surface area is 186 Å². The van der Waals surface area contributed by atoms with Gasteiger partial charge in [0.25, 0.3) is 0 Å². The SMILES string of the molecule is CN(CCC(COc1ccccc1CCc1cccc(OC(F)(F)F)c1)OCF)C(F)(F)F. The van der Waals surface area contributed by atoms with E-state index in [-0.39, 0.29) is 23.7 Å². The molecule has 11 heteroatoms. The van der Waals surface area contributed by atoms with Crippen LogP contribution >= 0.6 is 0 Å². The van der Waals surface area contributed by atoms with E-state index in [0.29, 0.717) is 24.2 Å². The van der Waals surface area contributed by atoms with Crippen LogP contribution < -0.4 is 9.47 Å². The molecule has 0 aliphatic heterocycles. The van der Waals surface area contributed by atoms with Crippen LogP contribution in [0, 0.1) is 0 Å². The minimum absolute atomic E-state index is 0.103. The molecule has 0 N–H and O–H groups in total.